The maximum Gasteiger partial charge on any atom is 0.264 e. The molecule has 0 spiro atoms. The second kappa shape index (κ2) is 8.49. The molecule has 3 rings (SSSR count). The smallest absolute Gasteiger partial charge is 0.264 e. The van der Waals surface area contributed by atoms with E-state index < -0.39 is 15.6 Å². The van der Waals surface area contributed by atoms with E-state index in [1.54, 1.807) is 13.8 Å². The molecule has 7 heteroatoms. The summed E-state index contributed by atoms with van der Waals surface area (Å²) in [7, 11) is -3.88. The van der Waals surface area contributed by atoms with Gasteiger partial charge in [0, 0.05) is 27.8 Å². The Morgan fingerprint density at radius 3 is 2.30 bits per heavy atom. The third-order valence-corrected chi connectivity index (χ3v) is 8.10. The molecule has 1 N–H and O–H groups in total. The number of hydrogen-bond donors (Lipinski definition) is 1. The standard InChI is InChI=1S/C23H27NO4S2/c1-5-6-15-24(30(27,28)18-13-11-17(12-14-18)16(2)25)22-21(23(3,4)26)19-9-7-8-10-20(19)29-22/h7-14,26H,5-6,15H2,1-4H3. The van der Waals surface area contributed by atoms with Gasteiger partial charge in [0.1, 0.15) is 5.00 Å². The van der Waals surface area contributed by atoms with Crippen LogP contribution < -0.4 is 4.31 Å². The zero-order chi connectivity index (χ0) is 22.1. The van der Waals surface area contributed by atoms with E-state index in [2.05, 4.69) is 0 Å². The molecular weight excluding hydrogens is 418 g/mol. The van der Waals surface area contributed by atoms with Crippen molar-refractivity contribution in [1.82, 2.24) is 0 Å². The lowest BCUT2D eigenvalue weighted by atomic mass is 9.97. The third-order valence-electron chi connectivity index (χ3n) is 4.98. The van der Waals surface area contributed by atoms with E-state index in [1.807, 2.05) is 31.2 Å². The molecule has 2 aromatic carbocycles. The molecule has 0 bridgehead atoms. The van der Waals surface area contributed by atoms with Gasteiger partial charge in [-0.05, 0) is 45.4 Å². The fraction of sp³-hybridized carbons (Fsp3) is 0.348. The SMILES string of the molecule is CCCCN(c1sc2ccccc2c1C(C)(C)O)S(=O)(=O)c1ccc(C(C)=O)cc1. The summed E-state index contributed by atoms with van der Waals surface area (Å²) < 4.78 is 29.6. The van der Waals surface area contributed by atoms with Crippen molar-refractivity contribution < 1.29 is 18.3 Å². The van der Waals surface area contributed by atoms with Gasteiger partial charge in [-0.25, -0.2) is 8.42 Å². The molecule has 3 aromatic rings. The number of thiophene rings is 1. The fourth-order valence-electron chi connectivity index (χ4n) is 3.42. The summed E-state index contributed by atoms with van der Waals surface area (Å²) in [5, 5.41) is 12.3. The van der Waals surface area contributed by atoms with Crippen molar-refractivity contribution in [1.29, 1.82) is 0 Å². The number of fused-ring (bicyclic) bond motifs is 1. The number of unbranched alkanes of at least 4 members (excludes halogenated alkanes) is 1. The average Bonchev–Trinajstić information content (AvgIpc) is 3.07. The van der Waals surface area contributed by atoms with Crippen molar-refractivity contribution in [3.05, 3.63) is 59.7 Å². The summed E-state index contributed by atoms with van der Waals surface area (Å²) in [6, 6.07) is 13.7. The normalized spacial score (nSPS) is 12.3. The lowest BCUT2D eigenvalue weighted by Gasteiger charge is -2.28. The molecule has 0 aliphatic heterocycles. The van der Waals surface area contributed by atoms with Gasteiger partial charge in [-0.3, -0.25) is 9.10 Å². The molecule has 0 aliphatic rings. The fourth-order valence-corrected chi connectivity index (χ4v) is 6.53. The highest BCUT2D eigenvalue weighted by molar-refractivity contribution is 7.93. The van der Waals surface area contributed by atoms with Crippen molar-refractivity contribution >= 4 is 42.2 Å². The number of rotatable bonds is 8. The number of carbonyl (C=O) groups is 1. The molecule has 1 heterocycles. The van der Waals surface area contributed by atoms with Crippen LogP contribution in [-0.2, 0) is 15.6 Å². The van der Waals surface area contributed by atoms with Crippen LogP contribution in [0.1, 0.15) is 56.5 Å². The first-order valence-electron chi connectivity index (χ1n) is 9.95. The van der Waals surface area contributed by atoms with Gasteiger partial charge >= 0.3 is 0 Å². The first kappa shape index (κ1) is 22.5. The second-order valence-electron chi connectivity index (χ2n) is 7.85. The van der Waals surface area contributed by atoms with Crippen LogP contribution in [0.5, 0.6) is 0 Å². The van der Waals surface area contributed by atoms with Crippen molar-refractivity contribution in [2.45, 2.75) is 51.0 Å². The minimum Gasteiger partial charge on any atom is -0.386 e. The van der Waals surface area contributed by atoms with Gasteiger partial charge in [0.05, 0.1) is 10.5 Å². The summed E-state index contributed by atoms with van der Waals surface area (Å²) in [5.74, 6) is -0.115. The zero-order valence-electron chi connectivity index (χ0n) is 17.7. The lowest BCUT2D eigenvalue weighted by molar-refractivity contribution is 0.0810. The molecule has 1 aromatic heterocycles. The topological polar surface area (TPSA) is 74.7 Å². The third kappa shape index (κ3) is 4.29. The Morgan fingerprint density at radius 1 is 1.10 bits per heavy atom. The van der Waals surface area contributed by atoms with Crippen LogP contribution in [0.3, 0.4) is 0 Å². The summed E-state index contributed by atoms with van der Waals surface area (Å²) in [6.07, 6.45) is 1.52. The Morgan fingerprint density at radius 2 is 1.73 bits per heavy atom. The van der Waals surface area contributed by atoms with Crippen LogP contribution in [0.25, 0.3) is 10.1 Å². The number of carbonyl (C=O) groups excluding carboxylic acids is 1. The molecule has 0 unspecified atom stereocenters. The number of aliphatic hydroxyl groups is 1. The molecule has 5 nitrogen and oxygen atoms in total. The Kier molecular flexibility index (Phi) is 6.36. The van der Waals surface area contributed by atoms with Gasteiger partial charge in [-0.15, -0.1) is 11.3 Å². The Bertz CT molecular complexity index is 1160. The van der Waals surface area contributed by atoms with Crippen molar-refractivity contribution in [2.24, 2.45) is 0 Å². The van der Waals surface area contributed by atoms with Crippen molar-refractivity contribution in [3.8, 4) is 0 Å². The maximum atomic E-state index is 13.6. The summed E-state index contributed by atoms with van der Waals surface area (Å²) in [5.41, 5.74) is -0.135. The van der Waals surface area contributed by atoms with E-state index in [0.29, 0.717) is 29.1 Å². The van der Waals surface area contributed by atoms with Gasteiger partial charge in [-0.2, -0.15) is 0 Å². The highest BCUT2D eigenvalue weighted by Crippen LogP contribution is 2.45. The lowest BCUT2D eigenvalue weighted by Crippen LogP contribution is -2.33. The molecule has 0 fully saturated rings. The van der Waals surface area contributed by atoms with Crippen molar-refractivity contribution in [3.63, 3.8) is 0 Å². The Hall–Kier alpha value is -2.22. The van der Waals surface area contributed by atoms with Crippen molar-refractivity contribution in [2.75, 3.05) is 10.8 Å². The quantitative estimate of drug-likeness (QED) is 0.476. The van der Waals surface area contributed by atoms with E-state index in [4.69, 9.17) is 0 Å². The van der Waals surface area contributed by atoms with E-state index >= 15 is 0 Å². The van der Waals surface area contributed by atoms with Crippen LogP contribution in [0.2, 0.25) is 0 Å². The van der Waals surface area contributed by atoms with Gasteiger partial charge in [-0.1, -0.05) is 43.7 Å². The monoisotopic (exact) mass is 445 g/mol. The van der Waals surface area contributed by atoms with Crippen LogP contribution in [-0.4, -0.2) is 25.9 Å². The molecule has 0 atom stereocenters. The zero-order valence-corrected chi connectivity index (χ0v) is 19.3. The number of sulfonamides is 1. The molecule has 30 heavy (non-hydrogen) atoms. The Balaban J connectivity index is 2.21. The average molecular weight is 446 g/mol. The second-order valence-corrected chi connectivity index (χ2v) is 10.7. The highest BCUT2D eigenvalue weighted by Gasteiger charge is 2.33. The number of benzene rings is 2. The molecule has 0 amide bonds. The van der Waals surface area contributed by atoms with Gasteiger partial charge < -0.3 is 5.11 Å². The Labute approximate surface area is 182 Å². The number of nitrogens with zero attached hydrogens (tertiary/aromatic N) is 1. The minimum absolute atomic E-state index is 0.115. The molecule has 160 valence electrons. The van der Waals surface area contributed by atoms with Gasteiger partial charge in [0.25, 0.3) is 10.0 Å². The molecule has 0 radical (unpaired) electrons. The van der Waals surface area contributed by atoms with E-state index in [1.165, 1.54) is 46.8 Å². The van der Waals surface area contributed by atoms with Crippen LogP contribution >= 0.6 is 11.3 Å². The summed E-state index contributed by atoms with van der Waals surface area (Å²) in [6.45, 7) is 7.12. The largest absolute Gasteiger partial charge is 0.386 e. The predicted molar refractivity (Wildman–Crippen MR) is 123 cm³/mol. The number of ketones is 1. The minimum atomic E-state index is -3.88. The summed E-state index contributed by atoms with van der Waals surface area (Å²) >= 11 is 1.37. The van der Waals surface area contributed by atoms with E-state index in [-0.39, 0.29) is 10.7 Å². The molecular formula is C23H27NO4S2. The molecule has 0 saturated carbocycles. The first-order valence-corrected chi connectivity index (χ1v) is 12.2. The number of anilines is 1. The van der Waals surface area contributed by atoms with Crippen LogP contribution in [0.15, 0.2) is 53.4 Å². The predicted octanol–water partition coefficient (Wildman–Crippen LogP) is 5.33. The molecule has 0 aliphatic carbocycles. The van der Waals surface area contributed by atoms with E-state index in [9.17, 15) is 18.3 Å². The highest BCUT2D eigenvalue weighted by atomic mass is 32.2. The van der Waals surface area contributed by atoms with Crippen LogP contribution in [0.4, 0.5) is 5.00 Å². The molecule has 0 saturated heterocycles. The van der Waals surface area contributed by atoms with Gasteiger partial charge in [0.2, 0.25) is 0 Å². The number of hydrogen-bond acceptors (Lipinski definition) is 5. The van der Waals surface area contributed by atoms with E-state index in [0.717, 1.165) is 16.5 Å². The first-order chi connectivity index (χ1) is 14.1. The van der Waals surface area contributed by atoms with Gasteiger partial charge in [0.15, 0.2) is 5.78 Å². The summed E-state index contributed by atoms with van der Waals surface area (Å²) in [4.78, 5) is 11.7. The van der Waals surface area contributed by atoms with Crippen LogP contribution in [0, 0.1) is 0 Å². The maximum absolute atomic E-state index is 13.6. The number of Topliss-reactive ketones (excluding diaryl/α,β-unsaturated/α-hetero) is 1.